The molecule has 2 saturated heterocycles. The van der Waals surface area contributed by atoms with Crippen LogP contribution in [0.2, 0.25) is 0 Å². The van der Waals surface area contributed by atoms with Crippen LogP contribution in [0.1, 0.15) is 25.7 Å². The topological polar surface area (TPSA) is 15.8 Å². The largest absolute Gasteiger partial charge is 0.372 e. The fourth-order valence-corrected chi connectivity index (χ4v) is 1.78. The Hall–Kier alpha value is -0.0800. The van der Waals surface area contributed by atoms with Crippen molar-refractivity contribution in [3.63, 3.8) is 0 Å². The van der Waals surface area contributed by atoms with Gasteiger partial charge in [-0.1, -0.05) is 12.8 Å². The molecule has 1 unspecified atom stereocenters. The molecular formula is C9H17NO. The van der Waals surface area contributed by atoms with Crippen LogP contribution in [0.3, 0.4) is 0 Å². The van der Waals surface area contributed by atoms with Crippen LogP contribution in [0.4, 0.5) is 0 Å². The van der Waals surface area contributed by atoms with E-state index >= 15 is 0 Å². The second kappa shape index (κ2) is 3.55. The van der Waals surface area contributed by atoms with Crippen LogP contribution in [-0.2, 0) is 4.74 Å². The van der Waals surface area contributed by atoms with E-state index in [2.05, 4.69) is 4.90 Å². The molecule has 0 saturated carbocycles. The van der Waals surface area contributed by atoms with E-state index < -0.39 is 0 Å². The van der Waals surface area contributed by atoms with Crippen molar-refractivity contribution in [2.24, 2.45) is 0 Å². The summed E-state index contributed by atoms with van der Waals surface area (Å²) in [5, 5.41) is 0. The first-order chi connectivity index (χ1) is 5.45. The van der Waals surface area contributed by atoms with Crippen LogP contribution in [-0.4, -0.2) is 37.2 Å². The Labute approximate surface area is 68.5 Å². The number of rotatable bonds is 2. The molecule has 2 nitrogen and oxygen atoms in total. The molecule has 2 aliphatic rings. The highest BCUT2D eigenvalue weighted by molar-refractivity contribution is 4.75. The third-order valence-electron chi connectivity index (χ3n) is 2.56. The minimum absolute atomic E-state index is 0.591. The van der Waals surface area contributed by atoms with Gasteiger partial charge >= 0.3 is 0 Å². The number of hydrogen-bond donors (Lipinski definition) is 0. The number of likely N-dealkylation sites (tertiary alicyclic amines) is 1. The van der Waals surface area contributed by atoms with Gasteiger partial charge in [0.05, 0.1) is 12.7 Å². The van der Waals surface area contributed by atoms with Gasteiger partial charge < -0.3 is 9.64 Å². The van der Waals surface area contributed by atoms with Crippen molar-refractivity contribution in [2.45, 2.75) is 31.8 Å². The molecule has 0 spiro atoms. The quantitative estimate of drug-likeness (QED) is 0.558. The maximum atomic E-state index is 5.21. The molecule has 0 amide bonds. The van der Waals surface area contributed by atoms with Crippen LogP contribution in [0.15, 0.2) is 0 Å². The van der Waals surface area contributed by atoms with Gasteiger partial charge in [-0.2, -0.15) is 0 Å². The lowest BCUT2D eigenvalue weighted by atomic mass is 10.2. The Kier molecular flexibility index (Phi) is 2.44. The predicted molar refractivity (Wildman–Crippen MR) is 44.6 cm³/mol. The van der Waals surface area contributed by atoms with E-state index in [1.807, 2.05) is 0 Å². The molecule has 2 aliphatic heterocycles. The van der Waals surface area contributed by atoms with Crippen LogP contribution in [0, 0.1) is 0 Å². The lowest BCUT2D eigenvalue weighted by Gasteiger charge is -2.17. The number of ether oxygens (including phenoxy) is 1. The molecule has 0 bridgehead atoms. The van der Waals surface area contributed by atoms with Gasteiger partial charge in [-0.3, -0.25) is 0 Å². The Morgan fingerprint density at radius 2 is 1.73 bits per heavy atom. The van der Waals surface area contributed by atoms with Crippen molar-refractivity contribution in [1.82, 2.24) is 4.90 Å². The molecule has 0 aromatic carbocycles. The van der Waals surface area contributed by atoms with Crippen molar-refractivity contribution in [3.05, 3.63) is 0 Å². The van der Waals surface area contributed by atoms with Gasteiger partial charge in [0, 0.05) is 6.54 Å². The zero-order valence-electron chi connectivity index (χ0n) is 7.09. The van der Waals surface area contributed by atoms with Crippen LogP contribution >= 0.6 is 0 Å². The summed E-state index contributed by atoms with van der Waals surface area (Å²) in [5.74, 6) is 0. The molecule has 0 aromatic heterocycles. The minimum atomic E-state index is 0.591. The van der Waals surface area contributed by atoms with E-state index in [-0.39, 0.29) is 0 Å². The highest BCUT2D eigenvalue weighted by Gasteiger charge is 2.25. The SMILES string of the molecule is C1CCCN(CC2CO2)CC1. The van der Waals surface area contributed by atoms with Crippen LogP contribution in [0.5, 0.6) is 0 Å². The van der Waals surface area contributed by atoms with Crippen molar-refractivity contribution in [2.75, 3.05) is 26.2 Å². The van der Waals surface area contributed by atoms with Gasteiger partial charge in [-0.25, -0.2) is 0 Å². The average Bonchev–Trinajstić information content (AvgIpc) is 2.77. The van der Waals surface area contributed by atoms with Gasteiger partial charge in [0.2, 0.25) is 0 Å². The van der Waals surface area contributed by atoms with Crippen LogP contribution < -0.4 is 0 Å². The fraction of sp³-hybridized carbons (Fsp3) is 1.00. The molecular weight excluding hydrogens is 138 g/mol. The van der Waals surface area contributed by atoms with E-state index in [1.54, 1.807) is 0 Å². The molecule has 64 valence electrons. The molecule has 2 fully saturated rings. The van der Waals surface area contributed by atoms with Gasteiger partial charge in [0.25, 0.3) is 0 Å². The summed E-state index contributed by atoms with van der Waals surface area (Å²) < 4.78 is 5.21. The summed E-state index contributed by atoms with van der Waals surface area (Å²) >= 11 is 0. The molecule has 0 aliphatic carbocycles. The number of hydrogen-bond acceptors (Lipinski definition) is 2. The Balaban J connectivity index is 1.71. The van der Waals surface area contributed by atoms with Crippen molar-refractivity contribution in [3.8, 4) is 0 Å². The normalized spacial score (nSPS) is 33.3. The van der Waals surface area contributed by atoms with Gasteiger partial charge in [0.1, 0.15) is 0 Å². The van der Waals surface area contributed by atoms with E-state index in [4.69, 9.17) is 4.74 Å². The lowest BCUT2D eigenvalue weighted by molar-refractivity contribution is 0.250. The maximum Gasteiger partial charge on any atom is 0.0936 e. The Bertz CT molecular complexity index is 115. The zero-order valence-corrected chi connectivity index (χ0v) is 7.09. The van der Waals surface area contributed by atoms with Gasteiger partial charge in [0.15, 0.2) is 0 Å². The van der Waals surface area contributed by atoms with E-state index in [0.29, 0.717) is 6.10 Å². The summed E-state index contributed by atoms with van der Waals surface area (Å²) in [5.41, 5.74) is 0. The van der Waals surface area contributed by atoms with Gasteiger partial charge in [-0.05, 0) is 25.9 Å². The highest BCUT2D eigenvalue weighted by Crippen LogP contribution is 2.15. The maximum absolute atomic E-state index is 5.21. The monoisotopic (exact) mass is 155 g/mol. The molecule has 0 aromatic rings. The molecule has 2 heterocycles. The summed E-state index contributed by atoms with van der Waals surface area (Å²) in [6, 6.07) is 0. The van der Waals surface area contributed by atoms with Crippen molar-refractivity contribution in [1.29, 1.82) is 0 Å². The molecule has 2 heteroatoms. The van der Waals surface area contributed by atoms with E-state index in [1.165, 1.54) is 45.3 Å². The minimum Gasteiger partial charge on any atom is -0.372 e. The molecule has 1 atom stereocenters. The predicted octanol–water partition coefficient (Wildman–Crippen LogP) is 1.26. The molecule has 0 radical (unpaired) electrons. The Morgan fingerprint density at radius 1 is 1.09 bits per heavy atom. The lowest BCUT2D eigenvalue weighted by Crippen LogP contribution is -2.28. The molecule has 11 heavy (non-hydrogen) atoms. The number of nitrogens with zero attached hydrogens (tertiary/aromatic N) is 1. The first kappa shape index (κ1) is 7.56. The van der Waals surface area contributed by atoms with Crippen molar-refractivity contribution < 1.29 is 4.74 Å². The first-order valence-corrected chi connectivity index (χ1v) is 4.79. The van der Waals surface area contributed by atoms with Crippen LogP contribution in [0.25, 0.3) is 0 Å². The summed E-state index contributed by atoms with van der Waals surface area (Å²) in [6.07, 6.45) is 6.25. The first-order valence-electron chi connectivity index (χ1n) is 4.79. The van der Waals surface area contributed by atoms with Crippen molar-refractivity contribution >= 4 is 0 Å². The zero-order chi connectivity index (χ0) is 7.52. The third-order valence-corrected chi connectivity index (χ3v) is 2.56. The highest BCUT2D eigenvalue weighted by atomic mass is 16.6. The summed E-state index contributed by atoms with van der Waals surface area (Å²) in [7, 11) is 0. The summed E-state index contributed by atoms with van der Waals surface area (Å²) in [6.45, 7) is 4.82. The fourth-order valence-electron chi connectivity index (χ4n) is 1.78. The van der Waals surface area contributed by atoms with E-state index in [0.717, 1.165) is 6.61 Å². The van der Waals surface area contributed by atoms with E-state index in [9.17, 15) is 0 Å². The molecule has 2 rings (SSSR count). The molecule has 0 N–H and O–H groups in total. The Morgan fingerprint density at radius 3 is 2.27 bits per heavy atom. The second-order valence-electron chi connectivity index (χ2n) is 3.67. The number of epoxide rings is 1. The second-order valence-corrected chi connectivity index (χ2v) is 3.67. The third kappa shape index (κ3) is 2.46. The standard InChI is InChI=1S/C9H17NO/c1-2-4-6-10(5-3-1)7-9-8-11-9/h9H,1-8H2. The smallest absolute Gasteiger partial charge is 0.0936 e. The summed E-state index contributed by atoms with van der Waals surface area (Å²) in [4.78, 5) is 2.56. The van der Waals surface area contributed by atoms with Gasteiger partial charge in [-0.15, -0.1) is 0 Å². The average molecular weight is 155 g/mol.